The molecular weight excluding hydrogens is 255 g/mol. The van der Waals surface area contributed by atoms with Gasteiger partial charge in [0.05, 0.1) is 12.8 Å². The Bertz CT molecular complexity index is 358. The Balaban J connectivity index is 0. The zero-order valence-electron chi connectivity index (χ0n) is 8.84. The summed E-state index contributed by atoms with van der Waals surface area (Å²) in [5.74, 6) is -0.592. The third-order valence-electron chi connectivity index (χ3n) is 1.94. The molecule has 1 unspecified atom stereocenters. The number of pyridine rings is 1. The van der Waals surface area contributed by atoms with Crippen molar-refractivity contribution in [3.05, 3.63) is 24.0 Å². The summed E-state index contributed by atoms with van der Waals surface area (Å²) >= 11 is 0. The summed E-state index contributed by atoms with van der Waals surface area (Å²) in [4.78, 5) is 14.7. The lowest BCUT2D eigenvalue weighted by Crippen LogP contribution is -2.42. The zero-order chi connectivity index (χ0) is 10.8. The Labute approximate surface area is 106 Å². The van der Waals surface area contributed by atoms with Gasteiger partial charge in [-0.1, -0.05) is 0 Å². The van der Waals surface area contributed by atoms with E-state index < -0.39 is 11.5 Å². The van der Waals surface area contributed by atoms with Crippen molar-refractivity contribution in [2.24, 2.45) is 5.73 Å². The van der Waals surface area contributed by atoms with Crippen LogP contribution in [-0.4, -0.2) is 23.2 Å². The highest BCUT2D eigenvalue weighted by atomic mass is 35.5. The van der Waals surface area contributed by atoms with E-state index in [-0.39, 0.29) is 30.5 Å². The van der Waals surface area contributed by atoms with E-state index in [4.69, 9.17) is 15.6 Å². The second kappa shape index (κ2) is 6.52. The van der Waals surface area contributed by atoms with E-state index in [2.05, 4.69) is 4.98 Å². The predicted molar refractivity (Wildman–Crippen MR) is 64.5 cm³/mol. The molecule has 0 saturated heterocycles. The van der Waals surface area contributed by atoms with E-state index in [9.17, 15) is 4.79 Å². The van der Waals surface area contributed by atoms with Crippen LogP contribution in [0.4, 0.5) is 0 Å². The SMILES string of the molecule is COc1ccnc(C(C)(N)C(=O)O)c1.Cl.Cl. The van der Waals surface area contributed by atoms with Crippen LogP contribution >= 0.6 is 24.8 Å². The predicted octanol–water partition coefficient (Wildman–Crippen LogP) is 1.19. The van der Waals surface area contributed by atoms with Gasteiger partial charge >= 0.3 is 5.97 Å². The highest BCUT2D eigenvalue weighted by Crippen LogP contribution is 2.19. The number of rotatable bonds is 3. The number of carboxylic acids is 1. The Morgan fingerprint density at radius 2 is 2.12 bits per heavy atom. The number of methoxy groups -OCH3 is 1. The molecule has 1 rings (SSSR count). The monoisotopic (exact) mass is 268 g/mol. The van der Waals surface area contributed by atoms with E-state index in [0.29, 0.717) is 5.75 Å². The van der Waals surface area contributed by atoms with Gasteiger partial charge in [-0.25, -0.2) is 4.79 Å². The van der Waals surface area contributed by atoms with E-state index in [1.807, 2.05) is 0 Å². The molecule has 0 aliphatic heterocycles. The summed E-state index contributed by atoms with van der Waals surface area (Å²) in [5.41, 5.74) is 4.36. The van der Waals surface area contributed by atoms with E-state index in [0.717, 1.165) is 0 Å². The fraction of sp³-hybridized carbons (Fsp3) is 0.333. The zero-order valence-corrected chi connectivity index (χ0v) is 10.5. The van der Waals surface area contributed by atoms with Crippen LogP contribution in [0.2, 0.25) is 0 Å². The van der Waals surface area contributed by atoms with Crippen LogP contribution < -0.4 is 10.5 Å². The number of carbonyl (C=O) groups is 1. The smallest absolute Gasteiger partial charge is 0.329 e. The molecule has 0 aliphatic rings. The van der Waals surface area contributed by atoms with E-state index in [1.165, 1.54) is 26.3 Å². The largest absolute Gasteiger partial charge is 0.497 e. The van der Waals surface area contributed by atoms with Gasteiger partial charge in [0, 0.05) is 12.3 Å². The average Bonchev–Trinajstić information content (AvgIpc) is 2.17. The Morgan fingerprint density at radius 1 is 1.56 bits per heavy atom. The molecule has 0 spiro atoms. The number of hydrogen-bond acceptors (Lipinski definition) is 4. The van der Waals surface area contributed by atoms with Crippen LogP contribution in [0.3, 0.4) is 0 Å². The molecule has 0 amide bonds. The lowest BCUT2D eigenvalue weighted by atomic mass is 9.99. The normalized spacial score (nSPS) is 12.7. The molecule has 0 fully saturated rings. The molecule has 1 aromatic rings. The maximum atomic E-state index is 10.8. The lowest BCUT2D eigenvalue weighted by Gasteiger charge is -2.18. The van der Waals surface area contributed by atoms with Gasteiger partial charge in [-0.15, -0.1) is 24.8 Å². The van der Waals surface area contributed by atoms with Crippen molar-refractivity contribution in [1.29, 1.82) is 0 Å². The molecule has 0 aliphatic carbocycles. The number of aliphatic carboxylic acids is 1. The third kappa shape index (κ3) is 3.52. The van der Waals surface area contributed by atoms with Crippen molar-refractivity contribution in [2.75, 3.05) is 7.11 Å². The summed E-state index contributed by atoms with van der Waals surface area (Å²) in [7, 11) is 1.49. The summed E-state index contributed by atoms with van der Waals surface area (Å²) in [6, 6.07) is 3.13. The van der Waals surface area contributed by atoms with Crippen LogP contribution in [-0.2, 0) is 10.3 Å². The number of hydrogen-bond donors (Lipinski definition) is 2. The Kier molecular flexibility index (Phi) is 7.08. The van der Waals surface area contributed by atoms with E-state index in [1.54, 1.807) is 6.07 Å². The lowest BCUT2D eigenvalue weighted by molar-refractivity contribution is -0.143. The van der Waals surface area contributed by atoms with E-state index >= 15 is 0 Å². The van der Waals surface area contributed by atoms with Crippen molar-refractivity contribution < 1.29 is 14.6 Å². The first kappa shape index (κ1) is 17.4. The molecule has 16 heavy (non-hydrogen) atoms. The first-order chi connectivity index (χ1) is 6.48. The molecule has 1 aromatic heterocycles. The summed E-state index contributed by atoms with van der Waals surface area (Å²) in [6.07, 6.45) is 1.46. The fourth-order valence-electron chi connectivity index (χ4n) is 0.932. The van der Waals surface area contributed by atoms with Crippen molar-refractivity contribution in [3.63, 3.8) is 0 Å². The van der Waals surface area contributed by atoms with Gasteiger partial charge in [-0.05, 0) is 13.0 Å². The molecule has 1 atom stereocenters. The van der Waals surface area contributed by atoms with Crippen molar-refractivity contribution in [3.8, 4) is 5.75 Å². The molecule has 0 radical (unpaired) electrons. The van der Waals surface area contributed by atoms with Crippen LogP contribution in [0.25, 0.3) is 0 Å². The number of nitrogens with two attached hydrogens (primary N) is 1. The van der Waals surface area contributed by atoms with Crippen molar-refractivity contribution >= 4 is 30.8 Å². The van der Waals surface area contributed by atoms with Crippen LogP contribution in [0.5, 0.6) is 5.75 Å². The maximum absolute atomic E-state index is 10.8. The highest BCUT2D eigenvalue weighted by Gasteiger charge is 2.31. The summed E-state index contributed by atoms with van der Waals surface area (Å²) in [5, 5.41) is 8.85. The quantitative estimate of drug-likeness (QED) is 0.860. The molecule has 0 aromatic carbocycles. The van der Waals surface area contributed by atoms with Gasteiger partial charge in [0.1, 0.15) is 5.75 Å². The number of halogens is 2. The van der Waals surface area contributed by atoms with Gasteiger partial charge in [0.15, 0.2) is 5.54 Å². The van der Waals surface area contributed by atoms with Gasteiger partial charge in [-0.2, -0.15) is 0 Å². The van der Waals surface area contributed by atoms with Crippen LogP contribution in [0, 0.1) is 0 Å². The molecule has 3 N–H and O–H groups in total. The molecule has 92 valence electrons. The molecule has 0 bridgehead atoms. The first-order valence-electron chi connectivity index (χ1n) is 4.01. The van der Waals surface area contributed by atoms with Gasteiger partial charge in [0.25, 0.3) is 0 Å². The summed E-state index contributed by atoms with van der Waals surface area (Å²) < 4.78 is 4.94. The minimum absolute atomic E-state index is 0. The molecule has 7 heteroatoms. The number of aromatic nitrogens is 1. The Hall–Kier alpha value is -1.04. The first-order valence-corrected chi connectivity index (χ1v) is 4.01. The number of ether oxygens (including phenoxy) is 1. The second-order valence-electron chi connectivity index (χ2n) is 3.09. The molecule has 1 heterocycles. The maximum Gasteiger partial charge on any atom is 0.329 e. The van der Waals surface area contributed by atoms with Crippen LogP contribution in [0.15, 0.2) is 18.3 Å². The standard InChI is InChI=1S/C9H12N2O3.2ClH/c1-9(10,8(12)13)7-5-6(14-2)3-4-11-7;;/h3-5H,10H2,1-2H3,(H,12,13);2*1H. The summed E-state index contributed by atoms with van der Waals surface area (Å²) in [6.45, 7) is 1.39. The number of carboxylic acid groups (broad SMARTS) is 1. The second-order valence-corrected chi connectivity index (χ2v) is 3.09. The minimum Gasteiger partial charge on any atom is -0.497 e. The topological polar surface area (TPSA) is 85.4 Å². The molecule has 5 nitrogen and oxygen atoms in total. The highest BCUT2D eigenvalue weighted by molar-refractivity contribution is 5.85. The fourth-order valence-corrected chi connectivity index (χ4v) is 0.932. The van der Waals surface area contributed by atoms with Crippen molar-refractivity contribution in [1.82, 2.24) is 4.98 Å². The number of nitrogens with zero attached hydrogens (tertiary/aromatic N) is 1. The minimum atomic E-state index is -1.49. The van der Waals surface area contributed by atoms with Gasteiger partial charge < -0.3 is 15.6 Å². The Morgan fingerprint density at radius 3 is 2.56 bits per heavy atom. The third-order valence-corrected chi connectivity index (χ3v) is 1.94. The van der Waals surface area contributed by atoms with Crippen molar-refractivity contribution in [2.45, 2.75) is 12.5 Å². The average molecular weight is 269 g/mol. The van der Waals surface area contributed by atoms with Crippen LogP contribution in [0.1, 0.15) is 12.6 Å². The molecule has 0 saturated carbocycles. The van der Waals surface area contributed by atoms with Gasteiger partial charge in [0.2, 0.25) is 0 Å². The molecular formula is C9H14Cl2N2O3. The van der Waals surface area contributed by atoms with Gasteiger partial charge in [-0.3, -0.25) is 4.98 Å².